The van der Waals surface area contributed by atoms with Crippen LogP contribution in [-0.4, -0.2) is 26.1 Å². The van der Waals surface area contributed by atoms with Gasteiger partial charge in [0.05, 0.1) is 6.54 Å². The van der Waals surface area contributed by atoms with Crippen molar-refractivity contribution in [2.45, 2.75) is 33.2 Å². The maximum absolute atomic E-state index is 4.45. The molecule has 2 aromatic heterocycles. The monoisotopic (exact) mass is 231 g/mol. The normalized spacial score (nSPS) is 15.6. The highest BCUT2D eigenvalue weighted by atomic mass is 15.3. The van der Waals surface area contributed by atoms with Gasteiger partial charge in [-0.25, -0.2) is 4.98 Å². The molecule has 0 aromatic carbocycles. The van der Waals surface area contributed by atoms with Crippen LogP contribution in [0.25, 0.3) is 5.65 Å². The molecule has 0 saturated heterocycles. The maximum Gasteiger partial charge on any atom is 0.164 e. The van der Waals surface area contributed by atoms with Crippen LogP contribution in [0, 0.1) is 19.8 Å². The Kier molecular flexibility index (Phi) is 2.55. The van der Waals surface area contributed by atoms with Crippen LogP contribution in [0.3, 0.4) is 0 Å². The molecule has 2 aromatic rings. The molecule has 0 spiro atoms. The van der Waals surface area contributed by atoms with E-state index in [1.165, 1.54) is 12.8 Å². The molecule has 2 heterocycles. The molecule has 0 bridgehead atoms. The van der Waals surface area contributed by atoms with Gasteiger partial charge in [0.2, 0.25) is 0 Å². The average molecular weight is 231 g/mol. The first-order chi connectivity index (χ1) is 8.24. The highest BCUT2D eigenvalue weighted by Crippen LogP contribution is 2.27. The highest BCUT2D eigenvalue weighted by Gasteiger charge is 2.20. The van der Waals surface area contributed by atoms with Crippen molar-refractivity contribution in [1.82, 2.24) is 24.9 Å². The number of aryl methyl sites for hydroxylation is 2. The van der Waals surface area contributed by atoms with E-state index in [1.807, 2.05) is 24.3 Å². The molecule has 0 aliphatic heterocycles. The summed E-state index contributed by atoms with van der Waals surface area (Å²) in [5, 5.41) is 11.8. The molecular weight excluding hydrogens is 214 g/mol. The molecule has 0 unspecified atom stereocenters. The van der Waals surface area contributed by atoms with Crippen molar-refractivity contribution in [2.24, 2.45) is 5.92 Å². The van der Waals surface area contributed by atoms with E-state index in [9.17, 15) is 0 Å². The SMILES string of the molecule is Cc1cc2nnc(CNCC3CC3)n2c(C)n1. The van der Waals surface area contributed by atoms with E-state index >= 15 is 0 Å². The molecule has 90 valence electrons. The van der Waals surface area contributed by atoms with Crippen molar-refractivity contribution in [3.63, 3.8) is 0 Å². The fourth-order valence-corrected chi connectivity index (χ4v) is 2.13. The first kappa shape index (κ1) is 10.7. The summed E-state index contributed by atoms with van der Waals surface area (Å²) >= 11 is 0. The zero-order chi connectivity index (χ0) is 11.8. The standard InChI is InChI=1S/C12H17N5/c1-8-5-11-15-16-12(17(11)9(2)14-8)7-13-6-10-3-4-10/h5,10,13H,3-4,6-7H2,1-2H3. The minimum absolute atomic E-state index is 0.767. The number of nitrogens with one attached hydrogen (secondary N) is 1. The summed E-state index contributed by atoms with van der Waals surface area (Å²) < 4.78 is 2.02. The fourth-order valence-electron chi connectivity index (χ4n) is 2.13. The van der Waals surface area contributed by atoms with E-state index in [0.717, 1.165) is 42.0 Å². The molecule has 1 N–H and O–H groups in total. The van der Waals surface area contributed by atoms with Crippen molar-refractivity contribution < 1.29 is 0 Å². The minimum atomic E-state index is 0.767. The summed E-state index contributed by atoms with van der Waals surface area (Å²) in [6.07, 6.45) is 2.74. The van der Waals surface area contributed by atoms with Gasteiger partial charge < -0.3 is 5.32 Å². The predicted octanol–water partition coefficient (Wildman–Crippen LogP) is 1.24. The van der Waals surface area contributed by atoms with Crippen LogP contribution >= 0.6 is 0 Å². The molecule has 5 nitrogen and oxygen atoms in total. The Morgan fingerprint density at radius 1 is 1.35 bits per heavy atom. The number of nitrogens with zero attached hydrogens (tertiary/aromatic N) is 4. The first-order valence-corrected chi connectivity index (χ1v) is 6.13. The van der Waals surface area contributed by atoms with Crippen LogP contribution in [0.1, 0.15) is 30.2 Å². The van der Waals surface area contributed by atoms with Gasteiger partial charge >= 0.3 is 0 Å². The predicted molar refractivity (Wildman–Crippen MR) is 64.7 cm³/mol. The molecule has 17 heavy (non-hydrogen) atoms. The third kappa shape index (κ3) is 2.15. The number of fused-ring (bicyclic) bond motifs is 1. The summed E-state index contributed by atoms with van der Waals surface area (Å²) in [5.41, 5.74) is 1.87. The van der Waals surface area contributed by atoms with E-state index in [-0.39, 0.29) is 0 Å². The molecule has 1 aliphatic carbocycles. The number of aromatic nitrogens is 4. The number of hydrogen-bond acceptors (Lipinski definition) is 4. The minimum Gasteiger partial charge on any atom is -0.310 e. The summed E-state index contributed by atoms with van der Waals surface area (Å²) in [6.45, 7) is 5.83. The maximum atomic E-state index is 4.45. The van der Waals surface area contributed by atoms with Crippen molar-refractivity contribution in [3.8, 4) is 0 Å². The fraction of sp³-hybridized carbons (Fsp3) is 0.583. The Labute approximate surface area is 100 Å². The Balaban J connectivity index is 1.83. The van der Waals surface area contributed by atoms with Crippen molar-refractivity contribution in [2.75, 3.05) is 6.54 Å². The Morgan fingerprint density at radius 3 is 2.94 bits per heavy atom. The van der Waals surface area contributed by atoms with Crippen LogP contribution in [0.2, 0.25) is 0 Å². The van der Waals surface area contributed by atoms with E-state index in [4.69, 9.17) is 0 Å². The lowest BCUT2D eigenvalue weighted by Crippen LogP contribution is -2.18. The first-order valence-electron chi connectivity index (χ1n) is 6.13. The van der Waals surface area contributed by atoms with Gasteiger partial charge in [-0.05, 0) is 39.2 Å². The molecule has 5 heteroatoms. The molecule has 0 amide bonds. The Morgan fingerprint density at radius 2 is 2.18 bits per heavy atom. The van der Waals surface area contributed by atoms with Crippen LogP contribution in [0.4, 0.5) is 0 Å². The lowest BCUT2D eigenvalue weighted by atomic mass is 10.4. The van der Waals surface area contributed by atoms with Crippen LogP contribution in [0.15, 0.2) is 6.07 Å². The van der Waals surface area contributed by atoms with Gasteiger partial charge in [0.1, 0.15) is 5.82 Å². The largest absolute Gasteiger partial charge is 0.310 e. The van der Waals surface area contributed by atoms with E-state index in [1.54, 1.807) is 0 Å². The third-order valence-electron chi connectivity index (χ3n) is 3.17. The Bertz CT molecular complexity index is 541. The molecule has 1 fully saturated rings. The van der Waals surface area contributed by atoms with E-state index in [2.05, 4.69) is 20.5 Å². The molecule has 1 aliphatic rings. The smallest absolute Gasteiger partial charge is 0.164 e. The third-order valence-corrected chi connectivity index (χ3v) is 3.17. The Hall–Kier alpha value is -1.49. The van der Waals surface area contributed by atoms with Gasteiger partial charge in [0.25, 0.3) is 0 Å². The zero-order valence-electron chi connectivity index (χ0n) is 10.3. The summed E-state index contributed by atoms with van der Waals surface area (Å²) in [4.78, 5) is 4.45. The van der Waals surface area contributed by atoms with Gasteiger partial charge in [-0.3, -0.25) is 4.40 Å². The highest BCUT2D eigenvalue weighted by molar-refractivity contribution is 5.39. The van der Waals surface area contributed by atoms with Gasteiger partial charge in [0.15, 0.2) is 11.5 Å². The summed E-state index contributed by atoms with van der Waals surface area (Å²) in [5.74, 6) is 2.79. The lowest BCUT2D eigenvalue weighted by molar-refractivity contribution is 0.612. The van der Waals surface area contributed by atoms with Crippen molar-refractivity contribution in [1.29, 1.82) is 0 Å². The van der Waals surface area contributed by atoms with Crippen LogP contribution in [0.5, 0.6) is 0 Å². The molecule has 0 radical (unpaired) electrons. The van der Waals surface area contributed by atoms with Crippen LogP contribution < -0.4 is 5.32 Å². The molecular formula is C12H17N5. The molecule has 1 saturated carbocycles. The van der Waals surface area contributed by atoms with Crippen molar-refractivity contribution >= 4 is 5.65 Å². The second-order valence-electron chi connectivity index (χ2n) is 4.83. The van der Waals surface area contributed by atoms with Crippen molar-refractivity contribution in [3.05, 3.63) is 23.4 Å². The average Bonchev–Trinajstić information content (AvgIpc) is 3.00. The second kappa shape index (κ2) is 4.07. The summed E-state index contributed by atoms with van der Waals surface area (Å²) in [6, 6.07) is 1.96. The topological polar surface area (TPSA) is 55.1 Å². The second-order valence-corrected chi connectivity index (χ2v) is 4.83. The quantitative estimate of drug-likeness (QED) is 0.860. The van der Waals surface area contributed by atoms with E-state index < -0.39 is 0 Å². The molecule has 3 rings (SSSR count). The van der Waals surface area contributed by atoms with Crippen LogP contribution in [-0.2, 0) is 6.54 Å². The number of rotatable bonds is 4. The lowest BCUT2D eigenvalue weighted by Gasteiger charge is -2.05. The van der Waals surface area contributed by atoms with Gasteiger partial charge in [-0.1, -0.05) is 0 Å². The zero-order valence-corrected chi connectivity index (χ0v) is 10.3. The number of hydrogen-bond donors (Lipinski definition) is 1. The molecule has 0 atom stereocenters. The summed E-state index contributed by atoms with van der Waals surface area (Å²) in [7, 11) is 0. The van der Waals surface area contributed by atoms with Gasteiger partial charge in [0, 0.05) is 11.8 Å². The van der Waals surface area contributed by atoms with Gasteiger partial charge in [-0.15, -0.1) is 10.2 Å². The van der Waals surface area contributed by atoms with Gasteiger partial charge in [-0.2, -0.15) is 0 Å². The van der Waals surface area contributed by atoms with E-state index in [0.29, 0.717) is 0 Å².